The van der Waals surface area contributed by atoms with Crippen molar-refractivity contribution in [1.82, 2.24) is 0 Å². The Labute approximate surface area is 260 Å². The lowest BCUT2D eigenvalue weighted by molar-refractivity contribution is -0.384. The van der Waals surface area contributed by atoms with E-state index in [4.69, 9.17) is 16.0 Å². The molecule has 11 nitrogen and oxygen atoms in total. The van der Waals surface area contributed by atoms with Crippen LogP contribution in [0, 0.1) is 45.0 Å². The number of imide groups is 2. The molecular formula is C32H25ClFN3O8. The Morgan fingerprint density at radius 2 is 1.71 bits per heavy atom. The molecule has 4 aliphatic rings. The first kappa shape index (κ1) is 29.1. The smallest absolute Gasteiger partial charge is 0.269 e. The number of hydrogen-bond donors (Lipinski definition) is 1. The Morgan fingerprint density at radius 1 is 1.00 bits per heavy atom. The summed E-state index contributed by atoms with van der Waals surface area (Å²) in [6, 6.07) is 11.9. The minimum Gasteiger partial charge on any atom is -0.463 e. The van der Waals surface area contributed by atoms with Gasteiger partial charge in [-0.1, -0.05) is 23.3 Å². The van der Waals surface area contributed by atoms with Gasteiger partial charge in [-0.15, -0.1) is 0 Å². The maximum Gasteiger partial charge on any atom is 0.269 e. The lowest BCUT2D eigenvalue weighted by Gasteiger charge is -2.48. The fraction of sp³-hybridized carbons (Fsp3) is 0.312. The Balaban J connectivity index is 1.33. The van der Waals surface area contributed by atoms with Crippen LogP contribution in [0.3, 0.4) is 0 Å². The molecule has 2 aliphatic heterocycles. The van der Waals surface area contributed by atoms with Gasteiger partial charge in [-0.3, -0.25) is 34.2 Å². The summed E-state index contributed by atoms with van der Waals surface area (Å²) >= 11 is 6.02. The number of furan rings is 1. The lowest BCUT2D eigenvalue weighted by Crippen LogP contribution is -2.48. The normalized spacial score (nSPS) is 29.1. The highest BCUT2D eigenvalue weighted by molar-refractivity contribution is 6.32. The van der Waals surface area contributed by atoms with Crippen LogP contribution in [-0.2, 0) is 25.8 Å². The monoisotopic (exact) mass is 633 g/mol. The topological polar surface area (TPSA) is 151 Å². The third-order valence-electron chi connectivity index (χ3n) is 9.88. The molecule has 4 amide bonds. The third-order valence-corrected chi connectivity index (χ3v) is 10.2. The number of nitro groups is 1. The molecule has 0 bridgehead atoms. The molecule has 6 unspecified atom stereocenters. The number of anilines is 2. The molecule has 1 saturated carbocycles. The number of halogens is 2. The largest absolute Gasteiger partial charge is 0.463 e. The molecule has 7 rings (SSSR count). The molecule has 45 heavy (non-hydrogen) atoms. The van der Waals surface area contributed by atoms with Gasteiger partial charge in [0.25, 0.3) is 5.69 Å². The van der Waals surface area contributed by atoms with Crippen molar-refractivity contribution >= 4 is 52.3 Å². The molecule has 2 aromatic carbocycles. The van der Waals surface area contributed by atoms with Crippen molar-refractivity contribution in [3.05, 3.63) is 98.7 Å². The summed E-state index contributed by atoms with van der Waals surface area (Å²) in [5, 5.41) is 20.6. The predicted molar refractivity (Wildman–Crippen MR) is 156 cm³/mol. The lowest BCUT2D eigenvalue weighted by atomic mass is 9.52. The summed E-state index contributed by atoms with van der Waals surface area (Å²) in [7, 11) is 0. The van der Waals surface area contributed by atoms with Gasteiger partial charge in [0.1, 0.15) is 23.9 Å². The number of carbonyl (C=O) groups excluding carboxylic acids is 4. The number of carbonyl (C=O) groups is 4. The number of aliphatic hydroxyl groups excluding tert-OH is 1. The second-order valence-electron chi connectivity index (χ2n) is 12.0. The number of fused-ring (bicyclic) bond motifs is 4. The SMILES string of the molecule is CC12C(=O)N(c3ccc(F)c(Cl)c3)C(=O)C1CC1C(=CCC3C(=O)N(c4ccc([N+](=O)[O-])cc4)C(=O)C31)C2c1ccc(CO)o1. The number of nitro benzene ring substituents is 1. The molecule has 1 aromatic heterocycles. The highest BCUT2D eigenvalue weighted by atomic mass is 35.5. The molecule has 230 valence electrons. The molecule has 3 heterocycles. The van der Waals surface area contributed by atoms with Crippen molar-refractivity contribution in [1.29, 1.82) is 0 Å². The minimum absolute atomic E-state index is 0.0800. The molecule has 2 saturated heterocycles. The number of rotatable bonds is 5. The second kappa shape index (κ2) is 10.2. The van der Waals surface area contributed by atoms with Crippen LogP contribution >= 0.6 is 11.6 Å². The van der Waals surface area contributed by atoms with E-state index in [1.165, 1.54) is 36.4 Å². The number of benzene rings is 2. The molecule has 3 fully saturated rings. The van der Waals surface area contributed by atoms with E-state index in [1.54, 1.807) is 19.1 Å². The fourth-order valence-corrected chi connectivity index (χ4v) is 7.97. The molecule has 3 aromatic rings. The molecular weight excluding hydrogens is 609 g/mol. The van der Waals surface area contributed by atoms with Crippen molar-refractivity contribution < 1.29 is 38.0 Å². The van der Waals surface area contributed by atoms with Crippen LogP contribution in [0.25, 0.3) is 0 Å². The number of hydrogen-bond acceptors (Lipinski definition) is 8. The molecule has 0 radical (unpaired) electrons. The van der Waals surface area contributed by atoms with Gasteiger partial charge in [-0.2, -0.15) is 0 Å². The maximum atomic E-state index is 14.3. The summed E-state index contributed by atoms with van der Waals surface area (Å²) in [4.78, 5) is 68.8. The zero-order valence-corrected chi connectivity index (χ0v) is 24.4. The van der Waals surface area contributed by atoms with E-state index in [0.717, 1.165) is 15.9 Å². The van der Waals surface area contributed by atoms with Gasteiger partial charge in [0.15, 0.2) is 0 Å². The van der Waals surface area contributed by atoms with Gasteiger partial charge in [-0.25, -0.2) is 9.29 Å². The van der Waals surface area contributed by atoms with E-state index in [2.05, 4.69) is 0 Å². The van der Waals surface area contributed by atoms with Gasteiger partial charge >= 0.3 is 0 Å². The van der Waals surface area contributed by atoms with E-state index in [9.17, 15) is 38.8 Å². The predicted octanol–water partition coefficient (Wildman–Crippen LogP) is 4.91. The van der Waals surface area contributed by atoms with Crippen LogP contribution in [0.2, 0.25) is 5.02 Å². The summed E-state index contributed by atoms with van der Waals surface area (Å²) in [6.07, 6.45) is 2.12. The Hall–Kier alpha value is -4.68. The summed E-state index contributed by atoms with van der Waals surface area (Å²) in [5.74, 6) is -6.16. The molecule has 0 spiro atoms. The average Bonchev–Trinajstić information content (AvgIpc) is 3.65. The van der Waals surface area contributed by atoms with Crippen LogP contribution in [0.15, 0.2) is 70.7 Å². The van der Waals surface area contributed by atoms with Crippen molar-refractivity contribution in [2.45, 2.75) is 32.3 Å². The summed E-state index contributed by atoms with van der Waals surface area (Å²) in [6.45, 7) is 1.27. The molecule has 6 atom stereocenters. The van der Waals surface area contributed by atoms with E-state index >= 15 is 0 Å². The van der Waals surface area contributed by atoms with Crippen molar-refractivity contribution in [2.75, 3.05) is 9.80 Å². The maximum absolute atomic E-state index is 14.3. The second-order valence-corrected chi connectivity index (χ2v) is 12.4. The standard InChI is InChI=1S/C32H25ClFN3O8/c1-32-22(29(40)36(31(32)42)17-6-10-24(34)23(33)12-17)13-21-19(27(32)25-11-7-18(14-38)45-25)8-9-20-26(21)30(41)35(28(20)39)15-2-4-16(5-3-15)37(43)44/h2-8,10-12,20-22,26-27,38H,9,13-14H2,1H3. The highest BCUT2D eigenvalue weighted by Crippen LogP contribution is 2.63. The van der Waals surface area contributed by atoms with E-state index in [-0.39, 0.29) is 40.7 Å². The Bertz CT molecular complexity index is 1850. The highest BCUT2D eigenvalue weighted by Gasteiger charge is 2.68. The number of non-ortho nitro benzene ring substituents is 1. The van der Waals surface area contributed by atoms with Gasteiger partial charge < -0.3 is 9.52 Å². The minimum atomic E-state index is -1.39. The van der Waals surface area contributed by atoms with E-state index < -0.39 is 76.0 Å². The van der Waals surface area contributed by atoms with Gasteiger partial charge in [0, 0.05) is 12.1 Å². The first-order chi connectivity index (χ1) is 21.5. The third kappa shape index (κ3) is 4.05. The first-order valence-electron chi connectivity index (χ1n) is 14.3. The molecule has 2 aliphatic carbocycles. The van der Waals surface area contributed by atoms with Crippen molar-refractivity contribution in [3.63, 3.8) is 0 Å². The number of allylic oxidation sites excluding steroid dienone is 2. The molecule has 1 N–H and O–H groups in total. The van der Waals surface area contributed by atoms with Crippen LogP contribution in [0.5, 0.6) is 0 Å². The van der Waals surface area contributed by atoms with Gasteiger partial charge in [-0.05, 0) is 68.1 Å². The molecule has 13 heteroatoms. The van der Waals surface area contributed by atoms with Crippen LogP contribution in [-0.4, -0.2) is 33.7 Å². The van der Waals surface area contributed by atoms with Crippen LogP contribution in [0.4, 0.5) is 21.5 Å². The Kier molecular flexibility index (Phi) is 6.57. The number of amides is 4. The zero-order valence-electron chi connectivity index (χ0n) is 23.7. The Morgan fingerprint density at radius 3 is 2.36 bits per heavy atom. The quantitative estimate of drug-likeness (QED) is 0.180. The van der Waals surface area contributed by atoms with Crippen molar-refractivity contribution in [3.8, 4) is 0 Å². The zero-order chi connectivity index (χ0) is 31.9. The first-order valence-corrected chi connectivity index (χ1v) is 14.7. The van der Waals surface area contributed by atoms with Gasteiger partial charge in [0.2, 0.25) is 23.6 Å². The average molecular weight is 634 g/mol. The van der Waals surface area contributed by atoms with Crippen LogP contribution < -0.4 is 9.80 Å². The van der Waals surface area contributed by atoms with Crippen LogP contribution in [0.1, 0.15) is 37.2 Å². The summed E-state index contributed by atoms with van der Waals surface area (Å²) < 4.78 is 20.0. The fourth-order valence-electron chi connectivity index (χ4n) is 7.80. The number of aliphatic hydroxyl groups is 1. The summed E-state index contributed by atoms with van der Waals surface area (Å²) in [5.41, 5.74) is -0.589. The van der Waals surface area contributed by atoms with Crippen molar-refractivity contribution in [2.24, 2.45) is 29.1 Å². The van der Waals surface area contributed by atoms with Gasteiger partial charge in [0.05, 0.1) is 50.4 Å². The number of nitrogens with zero attached hydrogens (tertiary/aromatic N) is 3. The van der Waals surface area contributed by atoms with E-state index in [1.807, 2.05) is 6.08 Å². The van der Waals surface area contributed by atoms with E-state index in [0.29, 0.717) is 11.3 Å².